The minimum Gasteiger partial charge on any atom is -0.297 e. The Morgan fingerprint density at radius 1 is 1.45 bits per heavy atom. The van der Waals surface area contributed by atoms with Gasteiger partial charge in [-0.25, -0.2) is 4.98 Å². The van der Waals surface area contributed by atoms with Crippen LogP contribution in [0.25, 0.3) is 10.2 Å². The fourth-order valence-corrected chi connectivity index (χ4v) is 1.93. The highest BCUT2D eigenvalue weighted by Crippen LogP contribution is 2.26. The minimum absolute atomic E-state index is 0.923. The molecule has 2 nitrogen and oxygen atoms in total. The summed E-state index contributed by atoms with van der Waals surface area (Å²) < 4.78 is 1.10. The third kappa shape index (κ3) is 1.06. The largest absolute Gasteiger partial charge is 0.297 e. The highest BCUT2D eigenvalue weighted by atomic mass is 35.5. The molecule has 2 aromatic rings. The molecule has 0 radical (unpaired) electrons. The van der Waals surface area contributed by atoms with E-state index in [0.717, 1.165) is 15.9 Å². The lowest BCUT2D eigenvalue weighted by atomic mass is 10.3. The summed E-state index contributed by atoms with van der Waals surface area (Å²) in [6, 6.07) is 5.81. The number of nitrogens with zero attached hydrogens (tertiary/aromatic N) is 1. The predicted octanol–water partition coefficient (Wildman–Crippen LogP) is 2.86. The molecule has 0 aliphatic heterocycles. The van der Waals surface area contributed by atoms with Gasteiger partial charge in [-0.05, 0) is 12.1 Å². The summed E-state index contributed by atoms with van der Waals surface area (Å²) in [6.45, 7) is 0. The van der Waals surface area contributed by atoms with Crippen LogP contribution in [0.15, 0.2) is 23.7 Å². The van der Waals surface area contributed by atoms with Crippen molar-refractivity contribution in [1.29, 1.82) is 0 Å². The van der Waals surface area contributed by atoms with Crippen LogP contribution in [0.4, 0.5) is 5.69 Å². The van der Waals surface area contributed by atoms with Crippen molar-refractivity contribution >= 4 is 39.0 Å². The van der Waals surface area contributed by atoms with Gasteiger partial charge in [0.1, 0.15) is 0 Å². The normalized spacial score (nSPS) is 10.3. The Morgan fingerprint density at radius 3 is 3.18 bits per heavy atom. The van der Waals surface area contributed by atoms with E-state index >= 15 is 0 Å². The molecular formula is C7H5ClN2S. The Labute approximate surface area is 72.9 Å². The molecule has 0 bridgehead atoms. The molecule has 4 heteroatoms. The van der Waals surface area contributed by atoms with Crippen molar-refractivity contribution in [3.63, 3.8) is 0 Å². The van der Waals surface area contributed by atoms with Crippen LogP contribution in [-0.2, 0) is 0 Å². The first-order valence-corrected chi connectivity index (χ1v) is 4.36. The lowest BCUT2D eigenvalue weighted by molar-refractivity contribution is 1.50. The molecule has 0 amide bonds. The Morgan fingerprint density at radius 2 is 2.36 bits per heavy atom. The first-order chi connectivity index (χ1) is 5.42. The maximum absolute atomic E-state index is 5.49. The van der Waals surface area contributed by atoms with Gasteiger partial charge in [-0.15, -0.1) is 11.3 Å². The van der Waals surface area contributed by atoms with E-state index in [1.54, 1.807) is 11.3 Å². The average molecular weight is 185 g/mol. The standard InChI is InChI=1S/C7H5ClN2S/c8-10-6-3-1-2-5-7(6)11-4-9-5/h1-4,10H. The van der Waals surface area contributed by atoms with Crippen molar-refractivity contribution in [2.75, 3.05) is 4.84 Å². The predicted molar refractivity (Wildman–Crippen MR) is 49.1 cm³/mol. The molecule has 0 aliphatic rings. The molecule has 11 heavy (non-hydrogen) atoms. The summed E-state index contributed by atoms with van der Waals surface area (Å²) >= 11 is 7.07. The van der Waals surface area contributed by atoms with Gasteiger partial charge in [0.2, 0.25) is 0 Å². The molecule has 1 aromatic heterocycles. The molecule has 1 heterocycles. The maximum atomic E-state index is 5.49. The smallest absolute Gasteiger partial charge is 0.0833 e. The maximum Gasteiger partial charge on any atom is 0.0833 e. The molecule has 1 aromatic carbocycles. The molecule has 0 saturated heterocycles. The number of nitrogens with one attached hydrogen (secondary N) is 1. The van der Waals surface area contributed by atoms with E-state index in [1.165, 1.54) is 0 Å². The number of fused-ring (bicyclic) bond motifs is 1. The van der Waals surface area contributed by atoms with Gasteiger partial charge in [0.05, 0.1) is 21.4 Å². The molecule has 2 rings (SSSR count). The van der Waals surface area contributed by atoms with Crippen molar-refractivity contribution in [3.8, 4) is 0 Å². The summed E-state index contributed by atoms with van der Waals surface area (Å²) in [6.07, 6.45) is 0. The second kappa shape index (κ2) is 2.68. The Hall–Kier alpha value is -0.800. The lowest BCUT2D eigenvalue weighted by Gasteiger charge is -1.96. The second-order valence-corrected chi connectivity index (χ2v) is 3.14. The van der Waals surface area contributed by atoms with Gasteiger partial charge < -0.3 is 0 Å². The monoisotopic (exact) mass is 184 g/mol. The zero-order valence-electron chi connectivity index (χ0n) is 5.54. The first-order valence-electron chi connectivity index (χ1n) is 3.10. The molecule has 0 fully saturated rings. The van der Waals surface area contributed by atoms with Crippen molar-refractivity contribution in [2.24, 2.45) is 0 Å². The molecule has 0 atom stereocenters. The minimum atomic E-state index is 0.923. The third-order valence-electron chi connectivity index (χ3n) is 1.46. The Balaban J connectivity index is 2.79. The summed E-state index contributed by atoms with van der Waals surface area (Å²) in [5.74, 6) is 0. The second-order valence-electron chi connectivity index (χ2n) is 2.10. The molecule has 0 spiro atoms. The van der Waals surface area contributed by atoms with Crippen LogP contribution in [0, 0.1) is 0 Å². The number of anilines is 1. The number of aromatic nitrogens is 1. The van der Waals surface area contributed by atoms with Crippen LogP contribution in [-0.4, -0.2) is 4.98 Å². The van der Waals surface area contributed by atoms with Crippen LogP contribution in [0.1, 0.15) is 0 Å². The van der Waals surface area contributed by atoms with Crippen molar-refractivity contribution in [2.45, 2.75) is 0 Å². The third-order valence-corrected chi connectivity index (χ3v) is 2.54. The summed E-state index contributed by atoms with van der Waals surface area (Å²) in [5.41, 5.74) is 3.72. The van der Waals surface area contributed by atoms with Gasteiger partial charge in [-0.3, -0.25) is 4.84 Å². The van der Waals surface area contributed by atoms with Gasteiger partial charge in [-0.1, -0.05) is 6.07 Å². The van der Waals surface area contributed by atoms with Crippen LogP contribution < -0.4 is 4.84 Å². The zero-order chi connectivity index (χ0) is 7.68. The first kappa shape index (κ1) is 6.88. The lowest BCUT2D eigenvalue weighted by Crippen LogP contribution is -1.78. The fraction of sp³-hybridized carbons (Fsp3) is 0. The number of thiazole rings is 1. The number of rotatable bonds is 1. The van der Waals surface area contributed by atoms with Crippen molar-refractivity contribution in [1.82, 2.24) is 4.98 Å². The average Bonchev–Trinajstić information content (AvgIpc) is 2.50. The van der Waals surface area contributed by atoms with Gasteiger partial charge in [0.15, 0.2) is 0 Å². The topological polar surface area (TPSA) is 24.9 Å². The van der Waals surface area contributed by atoms with Crippen LogP contribution in [0.5, 0.6) is 0 Å². The van der Waals surface area contributed by atoms with E-state index in [0.29, 0.717) is 0 Å². The molecule has 56 valence electrons. The number of benzene rings is 1. The number of hydrogen-bond acceptors (Lipinski definition) is 3. The SMILES string of the molecule is ClNc1cccc2ncsc12. The van der Waals surface area contributed by atoms with Gasteiger partial charge >= 0.3 is 0 Å². The molecular weight excluding hydrogens is 180 g/mol. The summed E-state index contributed by atoms with van der Waals surface area (Å²) in [4.78, 5) is 6.75. The molecule has 0 unspecified atom stereocenters. The van der Waals surface area contributed by atoms with Gasteiger partial charge in [-0.2, -0.15) is 0 Å². The van der Waals surface area contributed by atoms with E-state index in [2.05, 4.69) is 9.82 Å². The van der Waals surface area contributed by atoms with E-state index in [-0.39, 0.29) is 0 Å². The highest BCUT2D eigenvalue weighted by Gasteiger charge is 1.99. The fourth-order valence-electron chi connectivity index (χ4n) is 0.961. The van der Waals surface area contributed by atoms with Crippen LogP contribution >= 0.6 is 23.1 Å². The van der Waals surface area contributed by atoms with Crippen molar-refractivity contribution in [3.05, 3.63) is 23.7 Å². The molecule has 1 N–H and O–H groups in total. The van der Waals surface area contributed by atoms with Crippen LogP contribution in [0.3, 0.4) is 0 Å². The molecule has 0 aliphatic carbocycles. The Bertz CT molecular complexity index is 371. The zero-order valence-corrected chi connectivity index (χ0v) is 7.12. The number of halogens is 1. The van der Waals surface area contributed by atoms with Crippen LogP contribution in [0.2, 0.25) is 0 Å². The van der Waals surface area contributed by atoms with Gasteiger partial charge in [0.25, 0.3) is 0 Å². The van der Waals surface area contributed by atoms with E-state index < -0.39 is 0 Å². The highest BCUT2D eigenvalue weighted by molar-refractivity contribution is 7.17. The van der Waals surface area contributed by atoms with Gasteiger partial charge in [0, 0.05) is 11.8 Å². The summed E-state index contributed by atoms with van der Waals surface area (Å²) in [7, 11) is 0. The van der Waals surface area contributed by atoms with E-state index in [4.69, 9.17) is 11.8 Å². The van der Waals surface area contributed by atoms with E-state index in [9.17, 15) is 0 Å². The van der Waals surface area contributed by atoms with E-state index in [1.807, 2.05) is 23.7 Å². The number of hydrogen-bond donors (Lipinski definition) is 1. The quantitative estimate of drug-likeness (QED) is 0.690. The molecule has 0 saturated carbocycles. The Kier molecular flexibility index (Phi) is 1.68. The van der Waals surface area contributed by atoms with Crippen molar-refractivity contribution < 1.29 is 0 Å². The summed E-state index contributed by atoms with van der Waals surface area (Å²) in [5, 5.41) is 0.